The minimum atomic E-state index is -0.0440. The number of rotatable bonds is 2. The lowest BCUT2D eigenvalue weighted by atomic mass is 10.1. The van der Waals surface area contributed by atoms with Crippen LogP contribution in [-0.4, -0.2) is 36.3 Å². The van der Waals surface area contributed by atoms with Gasteiger partial charge in [-0.2, -0.15) is 11.8 Å². The van der Waals surface area contributed by atoms with Crippen molar-refractivity contribution >= 4 is 11.8 Å². The molecule has 1 saturated heterocycles. The summed E-state index contributed by atoms with van der Waals surface area (Å²) < 4.78 is 0. The van der Waals surface area contributed by atoms with E-state index in [0.29, 0.717) is 5.92 Å². The van der Waals surface area contributed by atoms with Crippen LogP contribution in [0.15, 0.2) is 0 Å². The second kappa shape index (κ2) is 3.44. The van der Waals surface area contributed by atoms with E-state index in [1.54, 1.807) is 0 Å². The van der Waals surface area contributed by atoms with Crippen LogP contribution in [0.2, 0.25) is 0 Å². The van der Waals surface area contributed by atoms with Gasteiger partial charge in [-0.1, -0.05) is 0 Å². The lowest BCUT2D eigenvalue weighted by Crippen LogP contribution is -2.82. The largest absolute Gasteiger partial charge is 0.387 e. The Kier molecular flexibility index (Phi) is 2.82. The van der Waals surface area contributed by atoms with Gasteiger partial charge in [-0.25, -0.2) is 0 Å². The molecule has 0 aliphatic carbocycles. The predicted molar refractivity (Wildman–Crippen MR) is 39.5 cm³/mol. The van der Waals surface area contributed by atoms with Crippen LogP contribution < -0.4 is 5.32 Å². The molecule has 0 spiro atoms. The monoisotopic (exact) mass is 148 g/mol. The molecule has 0 amide bonds. The van der Waals surface area contributed by atoms with E-state index < -0.39 is 0 Å². The summed E-state index contributed by atoms with van der Waals surface area (Å²) in [6.07, 6.45) is 2.04. The minimum Gasteiger partial charge on any atom is -0.387 e. The SMILES string of the molecule is CSCC1C[NH2+]CC1O. The Labute approximate surface area is 60.0 Å². The zero-order chi connectivity index (χ0) is 6.69. The third-order valence-electron chi connectivity index (χ3n) is 1.80. The van der Waals surface area contributed by atoms with Crippen molar-refractivity contribution in [2.24, 2.45) is 5.92 Å². The second-order valence-corrected chi connectivity index (χ2v) is 3.45. The molecule has 0 radical (unpaired) electrons. The lowest BCUT2D eigenvalue weighted by molar-refractivity contribution is -0.640. The summed E-state index contributed by atoms with van der Waals surface area (Å²) in [6, 6.07) is 0. The molecule has 0 saturated carbocycles. The van der Waals surface area contributed by atoms with E-state index in [9.17, 15) is 5.11 Å². The number of aliphatic hydroxyl groups is 1. The van der Waals surface area contributed by atoms with Gasteiger partial charge in [0.25, 0.3) is 0 Å². The van der Waals surface area contributed by atoms with Gasteiger partial charge < -0.3 is 10.4 Å². The van der Waals surface area contributed by atoms with Crippen molar-refractivity contribution in [2.45, 2.75) is 6.10 Å². The normalized spacial score (nSPS) is 35.3. The first-order valence-corrected chi connectivity index (χ1v) is 4.72. The molecule has 54 valence electrons. The highest BCUT2D eigenvalue weighted by Gasteiger charge is 2.27. The highest BCUT2D eigenvalue weighted by molar-refractivity contribution is 7.98. The molecule has 3 N–H and O–H groups in total. The Morgan fingerprint density at radius 2 is 2.44 bits per heavy atom. The van der Waals surface area contributed by atoms with Crippen LogP contribution in [0.25, 0.3) is 0 Å². The van der Waals surface area contributed by atoms with Crippen LogP contribution in [-0.2, 0) is 0 Å². The number of thioether (sulfide) groups is 1. The standard InChI is InChI=1S/C6H13NOS/c1-9-4-5-2-7-3-6(5)8/h5-8H,2-4H2,1H3/p+1. The molecule has 1 aliphatic rings. The summed E-state index contributed by atoms with van der Waals surface area (Å²) in [7, 11) is 0. The van der Waals surface area contributed by atoms with E-state index in [0.717, 1.165) is 18.8 Å². The molecule has 3 heteroatoms. The number of hydrogen-bond donors (Lipinski definition) is 2. The van der Waals surface area contributed by atoms with Crippen LogP contribution >= 0.6 is 11.8 Å². The Bertz CT molecular complexity index is 89.1. The first kappa shape index (κ1) is 7.38. The van der Waals surface area contributed by atoms with Crippen molar-refractivity contribution in [3.8, 4) is 0 Å². The van der Waals surface area contributed by atoms with Crippen molar-refractivity contribution in [3.63, 3.8) is 0 Å². The predicted octanol–water partition coefficient (Wildman–Crippen LogP) is -1.10. The highest BCUT2D eigenvalue weighted by Crippen LogP contribution is 2.09. The number of nitrogens with two attached hydrogens (primary N) is 1. The smallest absolute Gasteiger partial charge is 0.112 e. The van der Waals surface area contributed by atoms with E-state index in [-0.39, 0.29) is 6.10 Å². The summed E-state index contributed by atoms with van der Waals surface area (Å²) in [6.45, 7) is 2.02. The summed E-state index contributed by atoms with van der Waals surface area (Å²) in [5.41, 5.74) is 0. The molecule has 2 nitrogen and oxygen atoms in total. The van der Waals surface area contributed by atoms with Crippen molar-refractivity contribution < 1.29 is 10.4 Å². The summed E-state index contributed by atoms with van der Waals surface area (Å²) in [5, 5.41) is 11.5. The third kappa shape index (κ3) is 1.85. The van der Waals surface area contributed by atoms with Crippen molar-refractivity contribution in [1.82, 2.24) is 0 Å². The van der Waals surface area contributed by atoms with Crippen LogP contribution in [0.5, 0.6) is 0 Å². The number of quaternary nitrogens is 1. The number of aliphatic hydroxyl groups excluding tert-OH is 1. The van der Waals surface area contributed by atoms with E-state index in [1.807, 2.05) is 11.8 Å². The summed E-state index contributed by atoms with van der Waals surface area (Å²) in [5.74, 6) is 1.65. The molecule has 1 fully saturated rings. The zero-order valence-electron chi connectivity index (χ0n) is 5.71. The van der Waals surface area contributed by atoms with Gasteiger partial charge in [0.2, 0.25) is 0 Å². The van der Waals surface area contributed by atoms with Crippen LogP contribution in [0.4, 0.5) is 0 Å². The van der Waals surface area contributed by atoms with Gasteiger partial charge in [0, 0.05) is 11.7 Å². The van der Waals surface area contributed by atoms with Gasteiger partial charge in [0.15, 0.2) is 0 Å². The highest BCUT2D eigenvalue weighted by atomic mass is 32.2. The van der Waals surface area contributed by atoms with Gasteiger partial charge in [-0.15, -0.1) is 0 Å². The molecule has 0 bridgehead atoms. The maximum absolute atomic E-state index is 9.28. The maximum atomic E-state index is 9.28. The molecule has 1 aliphatic heterocycles. The quantitative estimate of drug-likeness (QED) is 0.522. The molecule has 2 atom stereocenters. The van der Waals surface area contributed by atoms with E-state index in [2.05, 4.69) is 11.6 Å². The van der Waals surface area contributed by atoms with E-state index in [4.69, 9.17) is 0 Å². The Balaban J connectivity index is 2.22. The van der Waals surface area contributed by atoms with Crippen LogP contribution in [0.3, 0.4) is 0 Å². The molecule has 2 unspecified atom stereocenters. The minimum absolute atomic E-state index is 0.0440. The van der Waals surface area contributed by atoms with Crippen LogP contribution in [0.1, 0.15) is 0 Å². The average molecular weight is 148 g/mol. The molecule has 0 aromatic carbocycles. The Morgan fingerprint density at radius 1 is 1.67 bits per heavy atom. The molecule has 9 heavy (non-hydrogen) atoms. The van der Waals surface area contributed by atoms with Gasteiger partial charge in [-0.05, 0) is 6.26 Å². The van der Waals surface area contributed by atoms with E-state index in [1.165, 1.54) is 0 Å². The first-order chi connectivity index (χ1) is 4.34. The molecular weight excluding hydrogens is 134 g/mol. The average Bonchev–Trinajstić information content (AvgIpc) is 2.18. The lowest BCUT2D eigenvalue weighted by Gasteiger charge is -2.06. The molecule has 0 aromatic heterocycles. The summed E-state index contributed by atoms with van der Waals surface area (Å²) in [4.78, 5) is 0. The Morgan fingerprint density at radius 3 is 2.89 bits per heavy atom. The summed E-state index contributed by atoms with van der Waals surface area (Å²) >= 11 is 1.82. The van der Waals surface area contributed by atoms with Gasteiger partial charge in [0.05, 0.1) is 6.54 Å². The molecule has 1 heterocycles. The van der Waals surface area contributed by atoms with Crippen molar-refractivity contribution in [1.29, 1.82) is 0 Å². The van der Waals surface area contributed by atoms with Gasteiger partial charge >= 0.3 is 0 Å². The van der Waals surface area contributed by atoms with Crippen molar-refractivity contribution in [2.75, 3.05) is 25.1 Å². The fraction of sp³-hybridized carbons (Fsp3) is 1.00. The third-order valence-corrected chi connectivity index (χ3v) is 2.56. The van der Waals surface area contributed by atoms with Crippen molar-refractivity contribution in [3.05, 3.63) is 0 Å². The number of hydrogen-bond acceptors (Lipinski definition) is 2. The maximum Gasteiger partial charge on any atom is 0.112 e. The molecular formula is C6H14NOS+. The van der Waals surface area contributed by atoms with E-state index >= 15 is 0 Å². The first-order valence-electron chi connectivity index (χ1n) is 3.33. The van der Waals surface area contributed by atoms with Gasteiger partial charge in [0.1, 0.15) is 12.6 Å². The fourth-order valence-electron chi connectivity index (χ4n) is 1.22. The topological polar surface area (TPSA) is 36.8 Å². The van der Waals surface area contributed by atoms with Gasteiger partial charge in [-0.3, -0.25) is 0 Å². The zero-order valence-corrected chi connectivity index (χ0v) is 6.53. The fourth-order valence-corrected chi connectivity index (χ4v) is 2.01. The Hall–Kier alpha value is 0.270. The molecule has 1 rings (SSSR count). The van der Waals surface area contributed by atoms with Crippen LogP contribution in [0, 0.1) is 5.92 Å². The molecule has 0 aromatic rings. The second-order valence-electron chi connectivity index (χ2n) is 2.54.